The molecule has 10 heteroatoms. The molecule has 0 aliphatic carbocycles. The van der Waals surface area contributed by atoms with Gasteiger partial charge >= 0.3 is 7.12 Å². The average molecular weight is 492 g/mol. The molecule has 2 N–H and O–H groups in total. The fraction of sp³-hybridized carbons (Fsp3) is 0.708. The Morgan fingerprint density at radius 3 is 2.65 bits per heavy atom. The first-order valence-corrected chi connectivity index (χ1v) is 15.3. The van der Waals surface area contributed by atoms with Crippen molar-refractivity contribution in [2.45, 2.75) is 83.8 Å². The molecule has 1 aromatic heterocycles. The zero-order valence-electron chi connectivity index (χ0n) is 21.5. The molecule has 1 unspecified atom stereocenters. The first kappa shape index (κ1) is 27.2. The summed E-state index contributed by atoms with van der Waals surface area (Å²) in [7, 11) is -3.45. The Morgan fingerprint density at radius 1 is 1.24 bits per heavy atom. The van der Waals surface area contributed by atoms with Gasteiger partial charge in [-0.05, 0) is 62.5 Å². The Balaban J connectivity index is 1.50. The number of ether oxygens (including phenoxy) is 3. The molecule has 2 heterocycles. The van der Waals surface area contributed by atoms with Gasteiger partial charge in [0.05, 0.1) is 24.8 Å². The van der Waals surface area contributed by atoms with Gasteiger partial charge in [0, 0.05) is 25.0 Å². The molecule has 3 rings (SSSR count). The van der Waals surface area contributed by atoms with Gasteiger partial charge in [0.25, 0.3) is 0 Å². The van der Waals surface area contributed by atoms with Gasteiger partial charge in [-0.1, -0.05) is 20.8 Å². The van der Waals surface area contributed by atoms with Crippen LogP contribution >= 0.6 is 0 Å². The van der Waals surface area contributed by atoms with E-state index < -0.39 is 15.4 Å². The molecule has 0 saturated carbocycles. The van der Waals surface area contributed by atoms with Crippen molar-refractivity contribution in [3.05, 3.63) is 18.2 Å². The van der Waals surface area contributed by atoms with Crippen LogP contribution in [0.25, 0.3) is 10.9 Å². The number of hydrogen-bond donors (Lipinski definition) is 2. The van der Waals surface area contributed by atoms with Gasteiger partial charge in [-0.25, -0.2) is 4.68 Å². The highest BCUT2D eigenvalue weighted by molar-refractivity contribution is 6.74. The summed E-state index contributed by atoms with van der Waals surface area (Å²) in [4.78, 5) is 0. The molecule has 1 aliphatic rings. The molecule has 1 saturated heterocycles. The van der Waals surface area contributed by atoms with Gasteiger partial charge in [0.15, 0.2) is 14.5 Å². The van der Waals surface area contributed by atoms with E-state index in [9.17, 15) is 10.0 Å². The summed E-state index contributed by atoms with van der Waals surface area (Å²) in [5.74, 6) is 0.660. The molecule has 1 fully saturated rings. The van der Waals surface area contributed by atoms with Crippen LogP contribution in [-0.4, -0.2) is 67.8 Å². The van der Waals surface area contributed by atoms with Crippen molar-refractivity contribution in [2.75, 3.05) is 26.4 Å². The molecular formula is C24H41BN2O6Si. The minimum atomic E-state index is -1.79. The maximum Gasteiger partial charge on any atom is 0.510 e. The highest BCUT2D eigenvalue weighted by Crippen LogP contribution is 2.37. The summed E-state index contributed by atoms with van der Waals surface area (Å²) in [6, 6.07) is 5.59. The van der Waals surface area contributed by atoms with Crippen LogP contribution in [0.3, 0.4) is 0 Å². The van der Waals surface area contributed by atoms with Gasteiger partial charge in [-0.2, -0.15) is 5.10 Å². The number of aromatic nitrogens is 2. The highest BCUT2D eigenvalue weighted by atomic mass is 28.4. The topological polar surface area (TPSA) is 95.2 Å². The monoisotopic (exact) mass is 492 g/mol. The van der Waals surface area contributed by atoms with Crippen LogP contribution in [0.1, 0.15) is 59.6 Å². The molecule has 0 amide bonds. The van der Waals surface area contributed by atoms with Crippen LogP contribution in [0.15, 0.2) is 18.2 Å². The summed E-state index contributed by atoms with van der Waals surface area (Å²) in [6.07, 6.45) is 3.58. The lowest BCUT2D eigenvalue weighted by molar-refractivity contribution is -0.0364. The fourth-order valence-corrected chi connectivity index (χ4v) is 5.30. The van der Waals surface area contributed by atoms with Crippen molar-refractivity contribution in [2.24, 2.45) is 0 Å². The van der Waals surface area contributed by atoms with Crippen LogP contribution in [0, 0.1) is 0 Å². The minimum Gasteiger partial charge on any atom is -0.493 e. The average Bonchev–Trinajstić information content (AvgIpc) is 3.15. The third kappa shape index (κ3) is 6.83. The van der Waals surface area contributed by atoms with Crippen molar-refractivity contribution in [1.82, 2.24) is 9.78 Å². The van der Waals surface area contributed by atoms with Crippen molar-refractivity contribution in [1.29, 1.82) is 0 Å². The molecular weight excluding hydrogens is 451 g/mol. The summed E-state index contributed by atoms with van der Waals surface area (Å²) in [6.45, 7) is 15.6. The van der Waals surface area contributed by atoms with E-state index in [0.717, 1.165) is 31.2 Å². The Labute approximate surface area is 204 Å². The molecule has 2 aromatic rings. The number of fused-ring (bicyclic) bond motifs is 1. The van der Waals surface area contributed by atoms with Crippen molar-refractivity contribution >= 4 is 31.9 Å². The predicted molar refractivity (Wildman–Crippen MR) is 137 cm³/mol. The molecule has 1 aromatic carbocycles. The molecule has 0 bridgehead atoms. The lowest BCUT2D eigenvalue weighted by atomic mass is 9.84. The minimum absolute atomic E-state index is 0.0669. The summed E-state index contributed by atoms with van der Waals surface area (Å²) in [5, 5.41) is 24.9. The summed E-state index contributed by atoms with van der Waals surface area (Å²) >= 11 is 0. The van der Waals surface area contributed by atoms with Crippen LogP contribution in [0.2, 0.25) is 18.1 Å². The maximum atomic E-state index is 9.83. The quantitative estimate of drug-likeness (QED) is 0.366. The van der Waals surface area contributed by atoms with E-state index in [1.807, 2.05) is 18.2 Å². The van der Waals surface area contributed by atoms with E-state index in [1.54, 1.807) is 4.68 Å². The second-order valence-corrected chi connectivity index (χ2v) is 15.4. The van der Waals surface area contributed by atoms with E-state index in [1.165, 1.54) is 0 Å². The number of benzene rings is 1. The normalized spacial score (nSPS) is 18.3. The second-order valence-electron chi connectivity index (χ2n) is 10.7. The summed E-state index contributed by atoms with van der Waals surface area (Å²) in [5.41, 5.74) is 1.02. The predicted octanol–water partition coefficient (Wildman–Crippen LogP) is 3.61. The van der Waals surface area contributed by atoms with Gasteiger partial charge in [0.2, 0.25) is 0 Å². The van der Waals surface area contributed by atoms with Crippen molar-refractivity contribution < 1.29 is 28.7 Å². The zero-order valence-corrected chi connectivity index (χ0v) is 22.5. The lowest BCUT2D eigenvalue weighted by Crippen LogP contribution is -2.44. The third-order valence-electron chi connectivity index (χ3n) is 6.74. The van der Waals surface area contributed by atoms with Crippen molar-refractivity contribution in [3.8, 4) is 5.75 Å². The van der Waals surface area contributed by atoms with Crippen molar-refractivity contribution in [3.63, 3.8) is 0 Å². The van der Waals surface area contributed by atoms with Gasteiger partial charge < -0.3 is 28.7 Å². The van der Waals surface area contributed by atoms with E-state index in [0.29, 0.717) is 37.6 Å². The second kappa shape index (κ2) is 11.5. The van der Waals surface area contributed by atoms with E-state index in [2.05, 4.69) is 45.9 Å². The molecule has 190 valence electrons. The Morgan fingerprint density at radius 2 is 2.00 bits per heavy atom. The largest absolute Gasteiger partial charge is 0.510 e. The number of hydrogen-bond acceptors (Lipinski definition) is 7. The third-order valence-corrected chi connectivity index (χ3v) is 11.3. The fourth-order valence-electron chi connectivity index (χ4n) is 3.87. The molecule has 1 aliphatic heterocycles. The smallest absolute Gasteiger partial charge is 0.493 e. The summed E-state index contributed by atoms with van der Waals surface area (Å²) < 4.78 is 25.6. The first-order valence-electron chi connectivity index (χ1n) is 12.4. The van der Waals surface area contributed by atoms with Crippen LogP contribution in [-0.2, 0) is 13.9 Å². The molecule has 2 atom stereocenters. The standard InChI is InChI=1S/C24H41BN2O6Si/c1-18(33-34(5,6)24(2,3)4)17-30-13-9-15-31-19-11-12-21-20(16-19)23(25(28)29)26-27(21)22-10-7-8-14-32-22/h11-12,16,18,22,28-29H,7-10,13-15,17H2,1-6H3/t18-,22?/m0/s1. The molecule has 0 spiro atoms. The molecule has 8 nitrogen and oxygen atoms in total. The molecule has 34 heavy (non-hydrogen) atoms. The number of nitrogens with zero attached hydrogens (tertiary/aromatic N) is 2. The van der Waals surface area contributed by atoms with Gasteiger partial charge in [0.1, 0.15) is 11.3 Å². The lowest BCUT2D eigenvalue weighted by Gasteiger charge is -2.38. The van der Waals surface area contributed by atoms with Gasteiger partial charge in [-0.3, -0.25) is 0 Å². The van der Waals surface area contributed by atoms with Crippen LogP contribution in [0.4, 0.5) is 0 Å². The number of rotatable bonds is 11. The highest BCUT2D eigenvalue weighted by Gasteiger charge is 2.38. The van der Waals surface area contributed by atoms with E-state index >= 15 is 0 Å². The zero-order chi connectivity index (χ0) is 24.9. The van der Waals surface area contributed by atoms with Crippen LogP contribution in [0.5, 0.6) is 5.75 Å². The maximum absolute atomic E-state index is 9.83. The Bertz CT molecular complexity index is 924. The Hall–Kier alpha value is -1.43. The first-order chi connectivity index (χ1) is 16.0. The Kier molecular flexibility index (Phi) is 9.22. The van der Waals surface area contributed by atoms with Crippen LogP contribution < -0.4 is 10.3 Å². The van der Waals surface area contributed by atoms with E-state index in [-0.39, 0.29) is 23.0 Å². The molecule has 0 radical (unpaired) electrons. The van der Waals surface area contributed by atoms with Gasteiger partial charge in [-0.15, -0.1) is 0 Å². The van der Waals surface area contributed by atoms with E-state index in [4.69, 9.17) is 18.6 Å². The SMILES string of the molecule is C[C@@H](COCCCOc1ccc2c(c1)c(B(O)O)nn2C1CCCCO1)O[Si](C)(C)C(C)(C)C.